The third-order valence-corrected chi connectivity index (χ3v) is 8.23. The molecule has 3 aromatic carbocycles. The molecule has 0 aliphatic carbocycles. The molecule has 0 bridgehead atoms. The molecule has 3 heteroatoms. The number of carbonyl (C=O) groups is 1. The summed E-state index contributed by atoms with van der Waals surface area (Å²) in [5.41, 5.74) is 9.75. The molecule has 0 atom stereocenters. The van der Waals surface area contributed by atoms with E-state index in [0.717, 1.165) is 43.2 Å². The Morgan fingerprint density at radius 3 is 1.95 bits per heavy atom. The van der Waals surface area contributed by atoms with Crippen LogP contribution in [-0.4, -0.2) is 22.8 Å². The fourth-order valence-electron chi connectivity index (χ4n) is 5.61. The van der Waals surface area contributed by atoms with Crippen LogP contribution in [0.4, 0.5) is 0 Å². The molecule has 0 amide bonds. The molecule has 0 fully saturated rings. The van der Waals surface area contributed by atoms with Crippen LogP contribution in [-0.2, 0) is 23.1 Å². The van der Waals surface area contributed by atoms with Crippen molar-refractivity contribution < 1.29 is 15.0 Å². The zero-order chi connectivity index (χ0) is 27.2. The van der Waals surface area contributed by atoms with Crippen molar-refractivity contribution in [1.29, 1.82) is 0 Å². The van der Waals surface area contributed by atoms with Crippen LogP contribution >= 0.6 is 0 Å². The molecule has 0 aliphatic heterocycles. The molecule has 0 heterocycles. The maximum absolute atomic E-state index is 11.0. The van der Waals surface area contributed by atoms with E-state index in [0.29, 0.717) is 0 Å². The summed E-state index contributed by atoms with van der Waals surface area (Å²) < 4.78 is 0. The second-order valence-electron chi connectivity index (χ2n) is 11.4. The summed E-state index contributed by atoms with van der Waals surface area (Å²) in [5.74, 6) is -0.808. The molecule has 2 N–H and O–H groups in total. The van der Waals surface area contributed by atoms with Crippen LogP contribution in [0.25, 0.3) is 11.1 Å². The molecule has 0 saturated heterocycles. The average molecular weight is 501 g/mol. The number of aliphatic hydroxyl groups excluding tert-OH is 1. The Bertz CT molecular complexity index is 1200. The summed E-state index contributed by atoms with van der Waals surface area (Å²) in [5, 5.41) is 18.6. The van der Waals surface area contributed by atoms with E-state index in [-0.39, 0.29) is 23.9 Å². The number of hydrogen-bond donors (Lipinski definition) is 2. The predicted octanol–water partition coefficient (Wildman–Crippen LogP) is 8.04. The first-order valence-electron chi connectivity index (χ1n) is 13.7. The highest BCUT2D eigenvalue weighted by atomic mass is 16.4. The Labute approximate surface area is 223 Å². The minimum absolute atomic E-state index is 0.0159. The number of hydrogen-bond acceptors (Lipinski definition) is 2. The van der Waals surface area contributed by atoms with Crippen LogP contribution in [0, 0.1) is 19.3 Å². The number of aliphatic hydroxyl groups is 1. The Morgan fingerprint density at radius 2 is 1.43 bits per heavy atom. The Kier molecular flexibility index (Phi) is 9.36. The third kappa shape index (κ3) is 6.70. The number of benzene rings is 3. The average Bonchev–Trinajstić information content (AvgIpc) is 2.87. The van der Waals surface area contributed by atoms with Gasteiger partial charge in [-0.25, -0.2) is 0 Å². The van der Waals surface area contributed by atoms with E-state index >= 15 is 0 Å². The first kappa shape index (κ1) is 28.7. The molecule has 3 rings (SSSR count). The Hall–Kier alpha value is -2.91. The van der Waals surface area contributed by atoms with Gasteiger partial charge in [0, 0.05) is 12.0 Å². The van der Waals surface area contributed by atoms with Crippen molar-refractivity contribution in [2.45, 2.75) is 85.5 Å². The van der Waals surface area contributed by atoms with Crippen molar-refractivity contribution in [3.05, 3.63) is 94.0 Å². The minimum atomic E-state index is -0.808. The number of carboxylic acids is 1. The molecule has 37 heavy (non-hydrogen) atoms. The number of aryl methyl sites for hydroxylation is 3. The number of carboxylic acid groups (broad SMARTS) is 1. The summed E-state index contributed by atoms with van der Waals surface area (Å²) >= 11 is 0. The first-order chi connectivity index (χ1) is 17.5. The second kappa shape index (κ2) is 12.1. The molecular formula is C34H44O3. The number of rotatable bonds is 12. The quantitative estimate of drug-likeness (QED) is 0.264. The van der Waals surface area contributed by atoms with Crippen LogP contribution in [0.15, 0.2) is 60.7 Å². The van der Waals surface area contributed by atoms with E-state index in [2.05, 4.69) is 77.9 Å². The highest BCUT2D eigenvalue weighted by Crippen LogP contribution is 2.41. The van der Waals surface area contributed by atoms with Crippen LogP contribution in [0.5, 0.6) is 0 Å². The first-order valence-corrected chi connectivity index (χ1v) is 13.7. The van der Waals surface area contributed by atoms with Gasteiger partial charge in [0.2, 0.25) is 0 Å². The van der Waals surface area contributed by atoms with E-state index in [9.17, 15) is 9.90 Å². The van der Waals surface area contributed by atoms with E-state index in [1.807, 2.05) is 24.3 Å². The van der Waals surface area contributed by atoms with Crippen molar-refractivity contribution in [1.82, 2.24) is 0 Å². The van der Waals surface area contributed by atoms with Crippen molar-refractivity contribution >= 4 is 5.97 Å². The van der Waals surface area contributed by atoms with Crippen LogP contribution in [0.2, 0.25) is 0 Å². The largest absolute Gasteiger partial charge is 0.481 e. The van der Waals surface area contributed by atoms with Crippen molar-refractivity contribution in [3.63, 3.8) is 0 Å². The molecular weight excluding hydrogens is 456 g/mol. The summed E-state index contributed by atoms with van der Waals surface area (Å²) in [6, 6.07) is 21.8. The lowest BCUT2D eigenvalue weighted by Gasteiger charge is -2.34. The molecule has 0 unspecified atom stereocenters. The van der Waals surface area contributed by atoms with Gasteiger partial charge in [-0.15, -0.1) is 0 Å². The zero-order valence-electron chi connectivity index (χ0n) is 23.5. The van der Waals surface area contributed by atoms with Crippen molar-refractivity contribution in [2.75, 3.05) is 6.61 Å². The van der Waals surface area contributed by atoms with Gasteiger partial charge in [0.15, 0.2) is 0 Å². The molecule has 0 saturated carbocycles. The molecule has 0 radical (unpaired) electrons. The Balaban J connectivity index is 1.88. The summed E-state index contributed by atoms with van der Waals surface area (Å²) in [7, 11) is 0. The topological polar surface area (TPSA) is 57.5 Å². The van der Waals surface area contributed by atoms with E-state index in [1.165, 1.54) is 33.4 Å². The van der Waals surface area contributed by atoms with E-state index in [1.54, 1.807) is 0 Å². The zero-order valence-corrected chi connectivity index (χ0v) is 23.5. The summed E-state index contributed by atoms with van der Waals surface area (Å²) in [6.07, 6.45) is 5.24. The van der Waals surface area contributed by atoms with Crippen molar-refractivity contribution in [3.8, 4) is 11.1 Å². The minimum Gasteiger partial charge on any atom is -0.481 e. The highest BCUT2D eigenvalue weighted by molar-refractivity contribution is 5.72. The van der Waals surface area contributed by atoms with E-state index < -0.39 is 5.97 Å². The van der Waals surface area contributed by atoms with Gasteiger partial charge in [-0.2, -0.15) is 0 Å². The fraction of sp³-hybridized carbons (Fsp3) is 0.441. The predicted molar refractivity (Wildman–Crippen MR) is 154 cm³/mol. The lowest BCUT2D eigenvalue weighted by atomic mass is 9.69. The molecule has 3 nitrogen and oxygen atoms in total. The Morgan fingerprint density at radius 1 is 0.838 bits per heavy atom. The van der Waals surface area contributed by atoms with Gasteiger partial charge in [-0.05, 0) is 95.9 Å². The van der Waals surface area contributed by atoms with Crippen molar-refractivity contribution in [2.24, 2.45) is 5.41 Å². The molecule has 0 aromatic heterocycles. The van der Waals surface area contributed by atoms with Gasteiger partial charge < -0.3 is 10.2 Å². The lowest BCUT2D eigenvalue weighted by molar-refractivity contribution is -0.136. The third-order valence-electron chi connectivity index (χ3n) is 8.23. The molecule has 0 aliphatic rings. The van der Waals surface area contributed by atoms with Crippen LogP contribution < -0.4 is 0 Å². The fourth-order valence-corrected chi connectivity index (χ4v) is 5.61. The maximum Gasteiger partial charge on any atom is 0.307 e. The van der Waals surface area contributed by atoms with Gasteiger partial charge in [-0.1, -0.05) is 88.4 Å². The normalized spacial score (nSPS) is 12.1. The van der Waals surface area contributed by atoms with Gasteiger partial charge in [0.05, 0.1) is 6.42 Å². The van der Waals surface area contributed by atoms with Crippen LogP contribution in [0.1, 0.15) is 86.8 Å². The van der Waals surface area contributed by atoms with Crippen LogP contribution in [0.3, 0.4) is 0 Å². The highest BCUT2D eigenvalue weighted by Gasteiger charge is 2.31. The second-order valence-corrected chi connectivity index (χ2v) is 11.4. The van der Waals surface area contributed by atoms with Gasteiger partial charge >= 0.3 is 5.97 Å². The number of aliphatic carboxylic acids is 1. The van der Waals surface area contributed by atoms with Gasteiger partial charge in [0.1, 0.15) is 0 Å². The molecule has 198 valence electrons. The van der Waals surface area contributed by atoms with Gasteiger partial charge in [-0.3, -0.25) is 4.79 Å². The smallest absolute Gasteiger partial charge is 0.307 e. The molecule has 0 spiro atoms. The van der Waals surface area contributed by atoms with E-state index in [4.69, 9.17) is 5.11 Å². The molecule has 3 aromatic rings. The summed E-state index contributed by atoms with van der Waals surface area (Å²) in [4.78, 5) is 11.0. The maximum atomic E-state index is 11.0. The summed E-state index contributed by atoms with van der Waals surface area (Å²) in [6.45, 7) is 13.5. The monoisotopic (exact) mass is 500 g/mol. The SMILES string of the molecule is CCC(CC)(c1ccc(CCCC(C)(C)CO)c(C)c1)c1ccc(-c2ccc(CC(=O)O)cc2)c(C)c1. The van der Waals surface area contributed by atoms with Gasteiger partial charge in [0.25, 0.3) is 0 Å². The lowest BCUT2D eigenvalue weighted by Crippen LogP contribution is -2.26. The standard InChI is InChI=1S/C34H44O3/c1-7-34(8-2,29-16-15-27(24(3)20-29)10-9-19-33(5,6)23-35)30-17-18-31(25(4)21-30)28-13-11-26(12-14-28)22-32(36)37/h11-18,20-21,35H,7-10,19,22-23H2,1-6H3,(H,36,37).